The zero-order valence-electron chi connectivity index (χ0n) is 22.3. The van der Waals surface area contributed by atoms with E-state index in [-0.39, 0.29) is 73.9 Å². The second kappa shape index (κ2) is 15.0. The van der Waals surface area contributed by atoms with Gasteiger partial charge in [-0.05, 0) is 36.4 Å². The third-order valence-corrected chi connectivity index (χ3v) is 6.85. The van der Waals surface area contributed by atoms with Gasteiger partial charge in [0.25, 0.3) is 17.5 Å². The number of carbonyl (C=O) groups is 4. The third kappa shape index (κ3) is 7.58. The predicted octanol–water partition coefficient (Wildman–Crippen LogP) is 4.01. The molecule has 16 heteroatoms. The Bertz CT molecular complexity index is 1790. The van der Waals surface area contributed by atoms with E-state index in [4.69, 9.17) is 0 Å². The Kier molecular flexibility index (Phi) is 11.9. The molecule has 44 heavy (non-hydrogen) atoms. The van der Waals surface area contributed by atoms with E-state index in [0.717, 1.165) is 17.0 Å². The fourth-order valence-corrected chi connectivity index (χ4v) is 4.63. The third-order valence-electron chi connectivity index (χ3n) is 5.86. The molecule has 12 nitrogen and oxygen atoms in total. The molecule has 0 radical (unpaired) electrons. The zero-order valence-corrected chi connectivity index (χ0v) is 28.6. The Morgan fingerprint density at radius 1 is 0.636 bits per heavy atom. The van der Waals surface area contributed by atoms with E-state index in [1.807, 2.05) is 0 Å². The number of imide groups is 2. The van der Waals surface area contributed by atoms with Crippen molar-refractivity contribution in [2.75, 3.05) is 4.90 Å². The van der Waals surface area contributed by atoms with Crippen LogP contribution in [0, 0.1) is 26.0 Å². The SMILES string of the molecule is O=C1[N-]C(=O)c2ccccc21.O=C1c2ccccc2C(=O)N1c1ccc(Br)cc1[N+](=O)[O-].O=[N+]([O-])c1cc(Br)ccc1F.[K+]. The maximum atomic E-state index is 12.6. The first-order valence-electron chi connectivity index (χ1n) is 11.8. The summed E-state index contributed by atoms with van der Waals surface area (Å²) in [5.41, 5.74) is 0.474. The summed E-state index contributed by atoms with van der Waals surface area (Å²) >= 11 is 6.13. The first kappa shape index (κ1) is 35.0. The Morgan fingerprint density at radius 2 is 1.05 bits per heavy atom. The molecule has 0 unspecified atom stereocenters. The number of benzene rings is 4. The van der Waals surface area contributed by atoms with E-state index in [9.17, 15) is 43.8 Å². The molecule has 0 aliphatic carbocycles. The van der Waals surface area contributed by atoms with Gasteiger partial charge in [0.1, 0.15) is 5.69 Å². The zero-order chi connectivity index (χ0) is 31.4. The van der Waals surface area contributed by atoms with Gasteiger partial charge in [-0.3, -0.25) is 29.8 Å². The summed E-state index contributed by atoms with van der Waals surface area (Å²) in [4.78, 5) is 67.2. The smallest absolute Gasteiger partial charge is 0.587 e. The maximum absolute atomic E-state index is 12.6. The Hall–Kier alpha value is -3.51. The summed E-state index contributed by atoms with van der Waals surface area (Å²) in [6, 6.07) is 20.7. The molecule has 0 saturated carbocycles. The van der Waals surface area contributed by atoms with Gasteiger partial charge in [0, 0.05) is 32.2 Å². The number of hydrogen-bond donors (Lipinski definition) is 0. The summed E-state index contributed by atoms with van der Waals surface area (Å²) in [5, 5.41) is 24.6. The number of carbonyl (C=O) groups excluding carboxylic acids is 4. The Morgan fingerprint density at radius 3 is 1.48 bits per heavy atom. The average Bonchev–Trinajstić information content (AvgIpc) is 3.42. The van der Waals surface area contributed by atoms with Gasteiger partial charge in [0.15, 0.2) is 0 Å². The molecule has 2 heterocycles. The molecule has 0 N–H and O–H groups in total. The first-order valence-corrected chi connectivity index (χ1v) is 13.4. The quantitative estimate of drug-likeness (QED) is 0.131. The van der Waals surface area contributed by atoms with Gasteiger partial charge in [0.2, 0.25) is 5.82 Å². The topological polar surface area (TPSA) is 172 Å². The van der Waals surface area contributed by atoms with Crippen LogP contribution in [-0.2, 0) is 0 Å². The van der Waals surface area contributed by atoms with E-state index in [1.165, 1.54) is 30.3 Å². The second-order valence-electron chi connectivity index (χ2n) is 8.50. The summed E-state index contributed by atoms with van der Waals surface area (Å²) in [6.07, 6.45) is 0. The van der Waals surface area contributed by atoms with Gasteiger partial charge in [-0.15, -0.1) is 0 Å². The van der Waals surface area contributed by atoms with Crippen LogP contribution in [0.15, 0.2) is 93.9 Å². The molecule has 0 saturated heterocycles. The van der Waals surface area contributed by atoms with Crippen molar-refractivity contribution in [2.24, 2.45) is 0 Å². The number of halogens is 3. The van der Waals surface area contributed by atoms with Gasteiger partial charge in [0.05, 0.1) is 32.8 Å². The van der Waals surface area contributed by atoms with E-state index in [1.54, 1.807) is 42.5 Å². The summed E-state index contributed by atoms with van der Waals surface area (Å²) < 4.78 is 13.5. The van der Waals surface area contributed by atoms with Gasteiger partial charge < -0.3 is 14.9 Å². The van der Waals surface area contributed by atoms with Crippen molar-refractivity contribution >= 4 is 72.6 Å². The van der Waals surface area contributed by atoms with Crippen LogP contribution in [0.4, 0.5) is 21.5 Å². The molecule has 0 atom stereocenters. The number of rotatable bonds is 3. The summed E-state index contributed by atoms with van der Waals surface area (Å²) in [5.74, 6) is -2.78. The minimum atomic E-state index is -0.821. The van der Waals surface area contributed by atoms with Gasteiger partial charge in [-0.25, -0.2) is 4.90 Å². The molecule has 4 amide bonds. The minimum Gasteiger partial charge on any atom is -0.587 e. The van der Waals surface area contributed by atoms with E-state index >= 15 is 0 Å². The van der Waals surface area contributed by atoms with E-state index in [0.29, 0.717) is 20.1 Å². The van der Waals surface area contributed by atoms with E-state index in [2.05, 4.69) is 37.2 Å². The van der Waals surface area contributed by atoms with Crippen molar-refractivity contribution in [1.82, 2.24) is 0 Å². The molecule has 4 aromatic carbocycles. The fraction of sp³-hybridized carbons (Fsp3) is 0. The molecule has 0 fully saturated rings. The molecule has 6 rings (SSSR count). The van der Waals surface area contributed by atoms with Crippen molar-refractivity contribution in [1.29, 1.82) is 0 Å². The molecule has 2 aliphatic heterocycles. The number of nitrogens with zero attached hydrogens (tertiary/aromatic N) is 4. The molecule has 4 aromatic rings. The molecule has 216 valence electrons. The summed E-state index contributed by atoms with van der Waals surface area (Å²) in [6.45, 7) is 0. The number of nitro groups is 2. The van der Waals surface area contributed by atoms with Crippen molar-refractivity contribution in [3.63, 3.8) is 0 Å². The number of hydrogen-bond acceptors (Lipinski definition) is 8. The van der Waals surface area contributed by atoms with Gasteiger partial charge in [-0.2, -0.15) is 4.39 Å². The van der Waals surface area contributed by atoms with Gasteiger partial charge in [-0.1, -0.05) is 68.3 Å². The maximum Gasteiger partial charge on any atom is 1.00 e. The van der Waals surface area contributed by atoms with Crippen LogP contribution in [0.3, 0.4) is 0 Å². The number of fused-ring (bicyclic) bond motifs is 2. The van der Waals surface area contributed by atoms with Crippen molar-refractivity contribution < 1.29 is 84.8 Å². The van der Waals surface area contributed by atoms with Crippen LogP contribution < -0.4 is 56.3 Å². The Balaban J connectivity index is 0.000000195. The fourth-order valence-electron chi connectivity index (χ4n) is 3.93. The average molecular weight is 752 g/mol. The monoisotopic (exact) mass is 750 g/mol. The van der Waals surface area contributed by atoms with Crippen molar-refractivity contribution in [2.45, 2.75) is 0 Å². The molecular formula is C28H14Br2FKN4O8. The molecule has 0 spiro atoms. The Labute approximate surface area is 306 Å². The predicted molar refractivity (Wildman–Crippen MR) is 158 cm³/mol. The number of nitro benzene ring substituents is 2. The second-order valence-corrected chi connectivity index (χ2v) is 10.3. The van der Waals surface area contributed by atoms with Crippen LogP contribution in [-0.4, -0.2) is 33.5 Å². The number of anilines is 1. The molecule has 0 bridgehead atoms. The van der Waals surface area contributed by atoms with Gasteiger partial charge >= 0.3 is 57.1 Å². The number of amides is 4. The van der Waals surface area contributed by atoms with Crippen molar-refractivity contribution in [3.8, 4) is 0 Å². The normalized spacial score (nSPS) is 12.5. The van der Waals surface area contributed by atoms with Crippen LogP contribution in [0.25, 0.3) is 5.32 Å². The standard InChI is InChI=1S/C14H7BrN2O4.C8H5NO2.C6H3BrFNO2.K/c15-8-5-6-11(12(7-8)17(20)21)16-13(18)9-3-1-2-4-10(9)14(16)19;10-7-5-3-1-2-4-6(5)8(11)9-7;7-4-1-2-5(8)6(3-4)9(10)11;/h1-7H;1-4H,(H,9,10,11);1-3H;/q;;;+1/p-1. The minimum absolute atomic E-state index is 0. The van der Waals surface area contributed by atoms with E-state index < -0.39 is 45.0 Å². The molecular weight excluding hydrogens is 738 g/mol. The van der Waals surface area contributed by atoms with Crippen molar-refractivity contribution in [3.05, 3.63) is 147 Å². The summed E-state index contributed by atoms with van der Waals surface area (Å²) in [7, 11) is 0. The van der Waals surface area contributed by atoms with Crippen LogP contribution in [0.2, 0.25) is 0 Å². The molecule has 2 aliphatic rings. The van der Waals surface area contributed by atoms with Crippen LogP contribution in [0.1, 0.15) is 41.4 Å². The first-order chi connectivity index (χ1) is 20.4. The largest absolute Gasteiger partial charge is 1.00 e. The molecule has 0 aromatic heterocycles. The van der Waals surface area contributed by atoms with Crippen LogP contribution in [0.5, 0.6) is 0 Å². The van der Waals surface area contributed by atoms with Crippen LogP contribution >= 0.6 is 31.9 Å².